The summed E-state index contributed by atoms with van der Waals surface area (Å²) in [4.78, 5) is 52.2. The van der Waals surface area contributed by atoms with Gasteiger partial charge < -0.3 is 30.5 Å². The molecule has 0 radical (unpaired) electrons. The fourth-order valence-electron chi connectivity index (χ4n) is 5.50. The van der Waals surface area contributed by atoms with Crippen LogP contribution < -0.4 is 10.6 Å². The topological polar surface area (TPSA) is 145 Å². The second-order valence-electron chi connectivity index (χ2n) is 11.4. The Morgan fingerprint density at radius 1 is 1.15 bits per heavy atom. The number of amides is 3. The van der Waals surface area contributed by atoms with E-state index >= 15 is 0 Å². The van der Waals surface area contributed by atoms with Gasteiger partial charge in [-0.3, -0.25) is 9.59 Å². The van der Waals surface area contributed by atoms with E-state index in [4.69, 9.17) is 4.74 Å². The third-order valence-corrected chi connectivity index (χ3v) is 7.74. The fourth-order valence-corrected chi connectivity index (χ4v) is 5.50. The zero-order valence-corrected chi connectivity index (χ0v) is 20.0. The second-order valence-corrected chi connectivity index (χ2v) is 11.4. The number of likely N-dealkylation sites (tertiary alicyclic amines) is 1. The number of hydrogen-bond acceptors (Lipinski definition) is 6. The Kier molecular flexibility index (Phi) is 6.16. The first-order valence-electron chi connectivity index (χ1n) is 12.0. The van der Waals surface area contributed by atoms with Crippen molar-refractivity contribution in [3.63, 3.8) is 0 Å². The van der Waals surface area contributed by atoms with Crippen LogP contribution in [0.25, 0.3) is 0 Å². The van der Waals surface area contributed by atoms with E-state index in [0.29, 0.717) is 11.8 Å². The van der Waals surface area contributed by atoms with Gasteiger partial charge in [-0.1, -0.05) is 26.8 Å². The smallest absolute Gasteiger partial charge is 0.408 e. The summed E-state index contributed by atoms with van der Waals surface area (Å²) in [5, 5.41) is 25.1. The zero-order chi connectivity index (χ0) is 25.0. The van der Waals surface area contributed by atoms with Crippen LogP contribution in [0.4, 0.5) is 4.79 Å². The number of carboxylic acid groups (broad SMARTS) is 1. The van der Waals surface area contributed by atoms with Gasteiger partial charge in [0.2, 0.25) is 11.8 Å². The van der Waals surface area contributed by atoms with E-state index in [2.05, 4.69) is 17.2 Å². The second kappa shape index (κ2) is 8.55. The van der Waals surface area contributed by atoms with Crippen molar-refractivity contribution in [1.29, 1.82) is 0 Å². The van der Waals surface area contributed by atoms with Crippen LogP contribution in [0.3, 0.4) is 0 Å². The van der Waals surface area contributed by atoms with Crippen LogP contribution in [0, 0.1) is 23.2 Å². The van der Waals surface area contributed by atoms with Crippen molar-refractivity contribution < 1.29 is 34.1 Å². The van der Waals surface area contributed by atoms with Crippen LogP contribution in [0.2, 0.25) is 0 Å². The number of fused-ring (bicyclic) bond motifs is 1. The molecule has 4 rings (SSSR count). The lowest BCUT2D eigenvalue weighted by atomic mass is 9.85. The molecule has 1 saturated heterocycles. The molecule has 0 spiro atoms. The van der Waals surface area contributed by atoms with Crippen molar-refractivity contribution in [2.75, 3.05) is 6.54 Å². The van der Waals surface area contributed by atoms with Gasteiger partial charge in [0, 0.05) is 18.9 Å². The molecule has 3 amide bonds. The first kappa shape index (κ1) is 24.5. The van der Waals surface area contributed by atoms with Crippen LogP contribution in [0.15, 0.2) is 12.7 Å². The average molecular weight is 478 g/mol. The summed E-state index contributed by atoms with van der Waals surface area (Å²) in [6, 6.07) is -2.04. The van der Waals surface area contributed by atoms with Gasteiger partial charge in [-0.2, -0.15) is 0 Å². The van der Waals surface area contributed by atoms with Crippen LogP contribution in [0.1, 0.15) is 52.9 Å². The molecule has 10 nitrogen and oxygen atoms in total. The number of aliphatic carboxylic acids is 1. The van der Waals surface area contributed by atoms with Gasteiger partial charge in [-0.05, 0) is 42.9 Å². The molecule has 3 saturated carbocycles. The summed E-state index contributed by atoms with van der Waals surface area (Å²) in [6.07, 6.45) is 2.84. The summed E-state index contributed by atoms with van der Waals surface area (Å²) in [6.45, 7) is 8.90. The van der Waals surface area contributed by atoms with Crippen molar-refractivity contribution in [1.82, 2.24) is 15.5 Å². The maximum atomic E-state index is 13.6. The standard InChI is InChI=1S/C24H35N3O7/c1-5-14-10-24(14,21(31)32)26-19(29)17-9-15(28)11-27(17)20(30)18(23(2,3)4)25-22(33)34-16-7-12-6-13(12)8-16/h5,12-18,28H,1,6-11H2,2-4H3,(H,25,33)(H,26,29)(H,31,32)/t12?,13?,14?,15-,16?,17?,18?,24-/m1/s1. The number of carbonyl (C=O) groups is 4. The molecule has 0 bridgehead atoms. The van der Waals surface area contributed by atoms with Crippen LogP contribution in [0.5, 0.6) is 0 Å². The minimum Gasteiger partial charge on any atom is -0.479 e. The Bertz CT molecular complexity index is 889. The van der Waals surface area contributed by atoms with Crippen molar-refractivity contribution >= 4 is 23.9 Å². The average Bonchev–Trinajstić information content (AvgIpc) is 3.56. The summed E-state index contributed by atoms with van der Waals surface area (Å²) < 4.78 is 5.55. The third kappa shape index (κ3) is 4.64. The third-order valence-electron chi connectivity index (χ3n) is 7.74. The molecule has 7 atom stereocenters. The summed E-state index contributed by atoms with van der Waals surface area (Å²) in [5.41, 5.74) is -2.14. The number of rotatable bonds is 7. The molecule has 34 heavy (non-hydrogen) atoms. The van der Waals surface area contributed by atoms with Crippen molar-refractivity contribution in [3.8, 4) is 0 Å². The zero-order valence-electron chi connectivity index (χ0n) is 20.0. The number of aliphatic hydroxyl groups excluding tert-OH is 1. The molecule has 4 aliphatic rings. The van der Waals surface area contributed by atoms with E-state index < -0.39 is 58.9 Å². The Morgan fingerprint density at radius 2 is 1.79 bits per heavy atom. The normalized spacial score (nSPS) is 36.8. The summed E-state index contributed by atoms with van der Waals surface area (Å²) >= 11 is 0. The van der Waals surface area contributed by atoms with E-state index in [-0.39, 0.29) is 25.5 Å². The predicted octanol–water partition coefficient (Wildman–Crippen LogP) is 1.03. The number of carboxylic acids is 1. The van der Waals surface area contributed by atoms with Crippen LogP contribution >= 0.6 is 0 Å². The summed E-state index contributed by atoms with van der Waals surface area (Å²) in [7, 11) is 0. The molecule has 1 aliphatic heterocycles. The Labute approximate surface area is 199 Å². The van der Waals surface area contributed by atoms with E-state index in [1.165, 1.54) is 17.4 Å². The van der Waals surface area contributed by atoms with Crippen LogP contribution in [-0.4, -0.2) is 75.4 Å². The van der Waals surface area contributed by atoms with E-state index in [1.54, 1.807) is 20.8 Å². The SMILES string of the molecule is C=CC1C[C@]1(NC(=O)C1C[C@@H](O)CN1C(=O)C(NC(=O)OC1CC2CC2C1)C(C)(C)C)C(=O)O. The van der Waals surface area contributed by atoms with E-state index in [1.807, 2.05) is 0 Å². The molecular formula is C24H35N3O7. The van der Waals surface area contributed by atoms with Crippen molar-refractivity contribution in [2.24, 2.45) is 23.2 Å². The quantitative estimate of drug-likeness (QED) is 0.401. The maximum absolute atomic E-state index is 13.6. The highest BCUT2D eigenvalue weighted by atomic mass is 16.6. The number of β-amino-alcohol motifs (C(OH)–C–C–N with tert-alkyl or cyclic N) is 1. The minimum absolute atomic E-state index is 0.0157. The molecule has 3 aliphatic carbocycles. The number of nitrogens with one attached hydrogen (secondary N) is 2. The van der Waals surface area contributed by atoms with Crippen molar-refractivity contribution in [2.45, 2.75) is 82.7 Å². The Balaban J connectivity index is 1.44. The van der Waals surface area contributed by atoms with Gasteiger partial charge in [0.05, 0.1) is 6.10 Å². The highest BCUT2D eigenvalue weighted by molar-refractivity contribution is 5.96. The highest BCUT2D eigenvalue weighted by Gasteiger charge is 2.61. The molecule has 5 unspecified atom stereocenters. The van der Waals surface area contributed by atoms with Crippen LogP contribution in [-0.2, 0) is 19.1 Å². The molecule has 4 fully saturated rings. The monoisotopic (exact) mass is 477 g/mol. The molecule has 0 aromatic rings. The lowest BCUT2D eigenvalue weighted by Crippen LogP contribution is -2.59. The molecule has 188 valence electrons. The molecular weight excluding hydrogens is 442 g/mol. The maximum Gasteiger partial charge on any atom is 0.408 e. The molecule has 10 heteroatoms. The number of aliphatic hydroxyl groups is 1. The first-order valence-corrected chi connectivity index (χ1v) is 12.0. The van der Waals surface area contributed by atoms with Gasteiger partial charge in [-0.25, -0.2) is 9.59 Å². The molecule has 0 aromatic heterocycles. The van der Waals surface area contributed by atoms with Crippen molar-refractivity contribution in [3.05, 3.63) is 12.7 Å². The fraction of sp³-hybridized carbons (Fsp3) is 0.750. The summed E-state index contributed by atoms with van der Waals surface area (Å²) in [5.74, 6) is -1.43. The Morgan fingerprint density at radius 3 is 2.32 bits per heavy atom. The molecule has 4 N–H and O–H groups in total. The highest BCUT2D eigenvalue weighted by Crippen LogP contribution is 2.52. The number of ether oxygens (including phenoxy) is 1. The van der Waals surface area contributed by atoms with E-state index in [9.17, 15) is 29.4 Å². The molecule has 1 heterocycles. The van der Waals surface area contributed by atoms with E-state index in [0.717, 1.165) is 12.8 Å². The molecule has 0 aromatic carbocycles. The number of carbonyl (C=O) groups excluding carboxylic acids is 3. The van der Waals surface area contributed by atoms with Gasteiger partial charge in [0.15, 0.2) is 0 Å². The number of alkyl carbamates (subject to hydrolysis) is 1. The predicted molar refractivity (Wildman–Crippen MR) is 120 cm³/mol. The number of nitrogens with zero attached hydrogens (tertiary/aromatic N) is 1. The van der Waals surface area contributed by atoms with Gasteiger partial charge in [0.25, 0.3) is 0 Å². The minimum atomic E-state index is -1.44. The van der Waals surface area contributed by atoms with Gasteiger partial charge in [0.1, 0.15) is 23.7 Å². The lowest BCUT2D eigenvalue weighted by Gasteiger charge is -2.35. The van der Waals surface area contributed by atoms with Gasteiger partial charge >= 0.3 is 12.1 Å². The first-order chi connectivity index (χ1) is 15.9. The Hall–Kier alpha value is -2.62. The number of hydrogen-bond donors (Lipinski definition) is 4. The van der Waals surface area contributed by atoms with Gasteiger partial charge in [-0.15, -0.1) is 6.58 Å². The largest absolute Gasteiger partial charge is 0.479 e. The lowest BCUT2D eigenvalue weighted by molar-refractivity contribution is -0.146.